The average Bonchev–Trinajstić information content (AvgIpc) is 3.53. The second-order valence-corrected chi connectivity index (χ2v) is 8.91. The predicted molar refractivity (Wildman–Crippen MR) is 136 cm³/mol. The number of carbonyl (C=O) groups excluding carboxylic acids is 2. The molecule has 0 aliphatic heterocycles. The minimum Gasteiger partial charge on any atom is -0.459 e. The maximum atomic E-state index is 13.1. The third-order valence-corrected chi connectivity index (χ3v) is 6.55. The number of aryl methyl sites for hydroxylation is 1. The molecule has 2 heterocycles. The van der Waals surface area contributed by atoms with Gasteiger partial charge in [-0.3, -0.25) is 9.59 Å². The Labute approximate surface area is 200 Å². The summed E-state index contributed by atoms with van der Waals surface area (Å²) >= 11 is 1.64. The minimum absolute atomic E-state index is 0.207. The first kappa shape index (κ1) is 21.6. The van der Waals surface area contributed by atoms with Gasteiger partial charge in [0.1, 0.15) is 5.01 Å². The fourth-order valence-corrected chi connectivity index (χ4v) is 4.75. The lowest BCUT2D eigenvalue weighted by Crippen LogP contribution is -2.28. The largest absolute Gasteiger partial charge is 0.459 e. The van der Waals surface area contributed by atoms with Gasteiger partial charge in [-0.25, -0.2) is 4.98 Å². The predicted octanol–water partition coefficient (Wildman–Crippen LogP) is 6.39. The van der Waals surface area contributed by atoms with Gasteiger partial charge in [0, 0.05) is 18.3 Å². The summed E-state index contributed by atoms with van der Waals surface area (Å²) in [6, 6.07) is 24.0. The zero-order chi connectivity index (χ0) is 23.7. The van der Waals surface area contributed by atoms with Crippen LogP contribution in [-0.4, -0.2) is 23.8 Å². The van der Waals surface area contributed by atoms with Crippen molar-refractivity contribution < 1.29 is 14.0 Å². The van der Waals surface area contributed by atoms with Gasteiger partial charge < -0.3 is 14.6 Å². The third kappa shape index (κ3) is 4.21. The van der Waals surface area contributed by atoms with Crippen molar-refractivity contribution in [3.05, 3.63) is 102 Å². The summed E-state index contributed by atoms with van der Waals surface area (Å²) in [6.07, 6.45) is 1.44. The van der Waals surface area contributed by atoms with E-state index in [1.165, 1.54) is 16.7 Å². The summed E-state index contributed by atoms with van der Waals surface area (Å²) in [5, 5.41) is 3.85. The van der Waals surface area contributed by atoms with E-state index in [1.807, 2.05) is 30.3 Å². The monoisotopic (exact) mass is 467 g/mol. The molecule has 3 aromatic carbocycles. The number of para-hydroxylation sites is 1. The Morgan fingerprint density at radius 2 is 1.76 bits per heavy atom. The number of hydrogen-bond donors (Lipinski definition) is 1. The molecule has 0 saturated heterocycles. The number of carbonyl (C=O) groups is 2. The summed E-state index contributed by atoms with van der Waals surface area (Å²) in [5.74, 6) is -0.433. The van der Waals surface area contributed by atoms with Gasteiger partial charge in [-0.2, -0.15) is 0 Å². The molecule has 5 aromatic rings. The summed E-state index contributed by atoms with van der Waals surface area (Å²) < 4.78 is 6.36. The maximum absolute atomic E-state index is 13.1. The van der Waals surface area contributed by atoms with Crippen molar-refractivity contribution in [2.24, 2.45) is 0 Å². The van der Waals surface area contributed by atoms with E-state index in [9.17, 15) is 9.59 Å². The van der Waals surface area contributed by atoms with Gasteiger partial charge in [-0.1, -0.05) is 18.2 Å². The van der Waals surface area contributed by atoms with Gasteiger partial charge >= 0.3 is 0 Å². The first-order valence-corrected chi connectivity index (χ1v) is 11.5. The molecular weight excluding hydrogens is 446 g/mol. The highest BCUT2D eigenvalue weighted by molar-refractivity contribution is 7.21. The summed E-state index contributed by atoms with van der Waals surface area (Å²) in [5.41, 5.74) is 4.70. The average molecular weight is 468 g/mol. The molecule has 0 atom stereocenters. The Morgan fingerprint density at radius 1 is 0.971 bits per heavy atom. The zero-order valence-electron chi connectivity index (χ0n) is 18.6. The highest BCUT2D eigenvalue weighted by Crippen LogP contribution is 2.31. The molecular formula is C27H21N3O3S. The molecule has 0 saturated carbocycles. The number of furan rings is 1. The highest BCUT2D eigenvalue weighted by atomic mass is 32.1. The molecule has 2 amide bonds. The Morgan fingerprint density at radius 3 is 2.53 bits per heavy atom. The molecule has 1 N–H and O–H groups in total. The fourth-order valence-electron chi connectivity index (χ4n) is 3.68. The lowest BCUT2D eigenvalue weighted by Gasteiger charge is -2.19. The van der Waals surface area contributed by atoms with Crippen LogP contribution in [0.15, 0.2) is 89.5 Å². The number of fused-ring (bicyclic) bond motifs is 1. The Kier molecular flexibility index (Phi) is 5.69. The second kappa shape index (κ2) is 8.96. The van der Waals surface area contributed by atoms with E-state index in [-0.39, 0.29) is 17.6 Å². The number of rotatable bonds is 5. The van der Waals surface area contributed by atoms with Gasteiger partial charge in [-0.05, 0) is 73.2 Å². The van der Waals surface area contributed by atoms with Crippen LogP contribution < -0.4 is 10.2 Å². The zero-order valence-corrected chi connectivity index (χ0v) is 19.4. The van der Waals surface area contributed by atoms with Crippen LogP contribution in [0.1, 0.15) is 26.5 Å². The Balaban J connectivity index is 1.35. The Hall–Kier alpha value is -4.23. The number of anilines is 2. The van der Waals surface area contributed by atoms with Gasteiger partial charge in [0.2, 0.25) is 0 Å². The first-order valence-electron chi connectivity index (χ1n) is 10.7. The van der Waals surface area contributed by atoms with Crippen LogP contribution in [0.25, 0.3) is 20.8 Å². The van der Waals surface area contributed by atoms with Crippen LogP contribution >= 0.6 is 11.3 Å². The number of thiazole rings is 1. The summed E-state index contributed by atoms with van der Waals surface area (Å²) in [7, 11) is 1.62. The van der Waals surface area contributed by atoms with Crippen LogP contribution in [0.5, 0.6) is 0 Å². The molecule has 168 valence electrons. The molecule has 0 aliphatic rings. The first-order chi connectivity index (χ1) is 16.5. The van der Waals surface area contributed by atoms with Crippen LogP contribution in [0.4, 0.5) is 11.4 Å². The van der Waals surface area contributed by atoms with Crippen molar-refractivity contribution in [2.45, 2.75) is 6.92 Å². The van der Waals surface area contributed by atoms with E-state index in [0.29, 0.717) is 16.9 Å². The standard InChI is InChI=1S/C27H21N3O3S/c1-17-9-14-21-24(16-17)34-26(29-21)18-10-12-19(13-11-18)28-25(31)20-6-3-4-7-22(20)30(2)27(32)23-8-5-15-33-23/h3-16H,1-2H3,(H,28,31). The lowest BCUT2D eigenvalue weighted by molar-refractivity contribution is 0.0966. The molecule has 0 fully saturated rings. The number of aromatic nitrogens is 1. The highest BCUT2D eigenvalue weighted by Gasteiger charge is 2.21. The molecule has 6 nitrogen and oxygen atoms in total. The molecule has 0 bridgehead atoms. The normalized spacial score (nSPS) is 10.9. The molecule has 7 heteroatoms. The Bertz CT molecular complexity index is 1490. The number of amides is 2. The van der Waals surface area contributed by atoms with Crippen LogP contribution in [-0.2, 0) is 0 Å². The van der Waals surface area contributed by atoms with Gasteiger partial charge in [0.25, 0.3) is 11.8 Å². The van der Waals surface area contributed by atoms with E-state index in [4.69, 9.17) is 9.40 Å². The van der Waals surface area contributed by atoms with E-state index < -0.39 is 0 Å². The lowest BCUT2D eigenvalue weighted by atomic mass is 10.1. The van der Waals surface area contributed by atoms with Crippen molar-refractivity contribution in [3.63, 3.8) is 0 Å². The second-order valence-electron chi connectivity index (χ2n) is 7.88. The number of hydrogen-bond acceptors (Lipinski definition) is 5. The molecule has 5 rings (SSSR count). The van der Waals surface area contributed by atoms with Crippen molar-refractivity contribution in [3.8, 4) is 10.6 Å². The van der Waals surface area contributed by atoms with Gasteiger partial charge in [-0.15, -0.1) is 11.3 Å². The topological polar surface area (TPSA) is 75.4 Å². The maximum Gasteiger partial charge on any atom is 0.293 e. The summed E-state index contributed by atoms with van der Waals surface area (Å²) in [6.45, 7) is 2.07. The smallest absolute Gasteiger partial charge is 0.293 e. The quantitative estimate of drug-likeness (QED) is 0.325. The molecule has 0 aliphatic carbocycles. The number of nitrogens with zero attached hydrogens (tertiary/aromatic N) is 2. The van der Waals surface area contributed by atoms with Crippen LogP contribution in [0, 0.1) is 6.92 Å². The molecule has 0 unspecified atom stereocenters. The number of nitrogens with one attached hydrogen (secondary N) is 1. The molecule has 0 radical (unpaired) electrons. The third-order valence-electron chi connectivity index (χ3n) is 5.48. The van der Waals surface area contributed by atoms with E-state index in [1.54, 1.807) is 54.8 Å². The van der Waals surface area contributed by atoms with Crippen molar-refractivity contribution in [2.75, 3.05) is 17.3 Å². The van der Waals surface area contributed by atoms with Crippen molar-refractivity contribution in [1.29, 1.82) is 0 Å². The summed E-state index contributed by atoms with van der Waals surface area (Å²) in [4.78, 5) is 31.9. The van der Waals surface area contributed by atoms with E-state index >= 15 is 0 Å². The van der Waals surface area contributed by atoms with E-state index in [0.717, 1.165) is 20.8 Å². The van der Waals surface area contributed by atoms with Crippen LogP contribution in [0.3, 0.4) is 0 Å². The fraction of sp³-hybridized carbons (Fsp3) is 0.0741. The van der Waals surface area contributed by atoms with E-state index in [2.05, 4.69) is 24.4 Å². The minimum atomic E-state index is -0.333. The van der Waals surface area contributed by atoms with Crippen LogP contribution in [0.2, 0.25) is 0 Å². The van der Waals surface area contributed by atoms with Crippen molar-refractivity contribution >= 4 is 44.7 Å². The molecule has 0 spiro atoms. The molecule has 2 aromatic heterocycles. The van der Waals surface area contributed by atoms with Gasteiger partial charge in [0.05, 0.1) is 27.7 Å². The van der Waals surface area contributed by atoms with Crippen molar-refractivity contribution in [1.82, 2.24) is 4.98 Å². The SMILES string of the molecule is Cc1ccc2nc(-c3ccc(NC(=O)c4ccccc4N(C)C(=O)c4ccco4)cc3)sc2c1. The van der Waals surface area contributed by atoms with Gasteiger partial charge in [0.15, 0.2) is 5.76 Å². The number of benzene rings is 3. The molecule has 34 heavy (non-hydrogen) atoms.